The van der Waals surface area contributed by atoms with E-state index in [0.717, 1.165) is 12.0 Å². The van der Waals surface area contributed by atoms with E-state index in [1.807, 2.05) is 43.0 Å². The summed E-state index contributed by atoms with van der Waals surface area (Å²) in [4.78, 5) is 14.4. The Morgan fingerprint density at radius 3 is 2.70 bits per heavy atom. The molecule has 1 aliphatic rings. The second kappa shape index (κ2) is 7.15. The van der Waals surface area contributed by atoms with Crippen LogP contribution in [0.5, 0.6) is 0 Å². The van der Waals surface area contributed by atoms with Crippen LogP contribution < -0.4 is 5.73 Å². The fourth-order valence-corrected chi connectivity index (χ4v) is 2.97. The zero-order chi connectivity index (χ0) is 15.7. The quantitative estimate of drug-likeness (QED) is 0.936. The predicted octanol–water partition coefficient (Wildman–Crippen LogP) is 2.88. The van der Waals surface area contributed by atoms with Crippen LogP contribution in [0.3, 0.4) is 0 Å². The average molecular weight is 336 g/mol. The average Bonchev–Trinajstić information content (AvgIpc) is 3.14. The molecule has 3 rings (SSSR count). The van der Waals surface area contributed by atoms with Crippen LogP contribution in [-0.4, -0.2) is 35.1 Å². The van der Waals surface area contributed by atoms with Crippen LogP contribution in [0.4, 0.5) is 0 Å². The maximum atomic E-state index is 12.6. The van der Waals surface area contributed by atoms with Crippen molar-refractivity contribution < 1.29 is 9.32 Å². The highest BCUT2D eigenvalue weighted by Crippen LogP contribution is 2.26. The van der Waals surface area contributed by atoms with Crippen molar-refractivity contribution >= 4 is 18.3 Å². The van der Waals surface area contributed by atoms with E-state index in [9.17, 15) is 4.79 Å². The zero-order valence-corrected chi connectivity index (χ0v) is 14.2. The summed E-state index contributed by atoms with van der Waals surface area (Å²) in [5.74, 6) is 0.563. The summed E-state index contributed by atoms with van der Waals surface area (Å²) in [7, 11) is 0. The fourth-order valence-electron chi connectivity index (χ4n) is 2.97. The van der Waals surface area contributed by atoms with Gasteiger partial charge >= 0.3 is 0 Å². The van der Waals surface area contributed by atoms with Gasteiger partial charge in [-0.15, -0.1) is 12.4 Å². The number of carbonyl (C=O) groups is 1. The SMILES string of the molecule is Cc1ccc(-c2cc(C(=O)N3CC(CN)CC3C)on2)cc1.Cl. The van der Waals surface area contributed by atoms with E-state index in [1.54, 1.807) is 6.07 Å². The van der Waals surface area contributed by atoms with E-state index in [1.165, 1.54) is 5.56 Å². The Bertz CT molecular complexity index is 669. The number of aryl methyl sites for hydroxylation is 1. The van der Waals surface area contributed by atoms with Gasteiger partial charge in [0.05, 0.1) is 0 Å². The lowest BCUT2D eigenvalue weighted by Crippen LogP contribution is -2.34. The minimum Gasteiger partial charge on any atom is -0.350 e. The molecule has 0 aliphatic carbocycles. The Kier molecular flexibility index (Phi) is 5.44. The first-order chi connectivity index (χ1) is 10.6. The lowest BCUT2D eigenvalue weighted by Gasteiger charge is -2.19. The monoisotopic (exact) mass is 335 g/mol. The molecule has 2 atom stereocenters. The van der Waals surface area contributed by atoms with Crippen LogP contribution in [0.25, 0.3) is 11.3 Å². The summed E-state index contributed by atoms with van der Waals surface area (Å²) >= 11 is 0. The molecule has 6 heteroatoms. The first-order valence-corrected chi connectivity index (χ1v) is 7.63. The normalized spacial score (nSPS) is 20.4. The van der Waals surface area contributed by atoms with Gasteiger partial charge in [-0.25, -0.2) is 0 Å². The van der Waals surface area contributed by atoms with Crippen LogP contribution in [0.1, 0.15) is 29.5 Å². The van der Waals surface area contributed by atoms with Crippen molar-refractivity contribution in [3.05, 3.63) is 41.7 Å². The second-order valence-electron chi connectivity index (χ2n) is 6.09. The maximum absolute atomic E-state index is 12.6. The van der Waals surface area contributed by atoms with E-state index < -0.39 is 0 Å². The predicted molar refractivity (Wildman–Crippen MR) is 91.6 cm³/mol. The van der Waals surface area contributed by atoms with E-state index in [2.05, 4.69) is 5.16 Å². The molecule has 1 fully saturated rings. The fraction of sp³-hybridized carbons (Fsp3) is 0.412. The van der Waals surface area contributed by atoms with Crippen molar-refractivity contribution in [2.75, 3.05) is 13.1 Å². The van der Waals surface area contributed by atoms with E-state index in [0.29, 0.717) is 30.5 Å². The molecule has 0 spiro atoms. The third-order valence-corrected chi connectivity index (χ3v) is 4.32. The van der Waals surface area contributed by atoms with Crippen LogP contribution >= 0.6 is 12.4 Å². The largest absolute Gasteiger partial charge is 0.350 e. The van der Waals surface area contributed by atoms with Gasteiger partial charge in [-0.1, -0.05) is 35.0 Å². The van der Waals surface area contributed by atoms with Gasteiger partial charge in [-0.3, -0.25) is 4.79 Å². The third-order valence-electron chi connectivity index (χ3n) is 4.32. The Labute approximate surface area is 142 Å². The summed E-state index contributed by atoms with van der Waals surface area (Å²) in [6, 6.07) is 9.89. The summed E-state index contributed by atoms with van der Waals surface area (Å²) in [5.41, 5.74) is 8.53. The Morgan fingerprint density at radius 2 is 2.09 bits per heavy atom. The van der Waals surface area contributed by atoms with Crippen molar-refractivity contribution in [2.24, 2.45) is 11.7 Å². The van der Waals surface area contributed by atoms with Crippen LogP contribution in [-0.2, 0) is 0 Å². The van der Waals surface area contributed by atoms with E-state index in [-0.39, 0.29) is 24.4 Å². The van der Waals surface area contributed by atoms with Gasteiger partial charge < -0.3 is 15.2 Å². The molecule has 2 N–H and O–H groups in total. The van der Waals surface area contributed by atoms with Crippen molar-refractivity contribution in [3.63, 3.8) is 0 Å². The number of halogens is 1. The van der Waals surface area contributed by atoms with Crippen molar-refractivity contribution in [1.29, 1.82) is 0 Å². The highest BCUT2D eigenvalue weighted by atomic mass is 35.5. The topological polar surface area (TPSA) is 72.4 Å². The van der Waals surface area contributed by atoms with Gasteiger partial charge in [0.1, 0.15) is 5.69 Å². The minimum absolute atomic E-state index is 0. The molecular weight excluding hydrogens is 314 g/mol. The summed E-state index contributed by atoms with van der Waals surface area (Å²) in [6.45, 7) is 5.38. The summed E-state index contributed by atoms with van der Waals surface area (Å²) < 4.78 is 5.27. The van der Waals surface area contributed by atoms with Gasteiger partial charge in [0.15, 0.2) is 0 Å². The number of benzene rings is 1. The molecule has 2 heterocycles. The summed E-state index contributed by atoms with van der Waals surface area (Å²) in [5, 5.41) is 4.03. The number of carbonyl (C=O) groups excluding carboxylic acids is 1. The Hall–Kier alpha value is -1.85. The first kappa shape index (κ1) is 17.5. The number of nitrogens with zero attached hydrogens (tertiary/aromatic N) is 2. The maximum Gasteiger partial charge on any atom is 0.292 e. The standard InChI is InChI=1S/C17H21N3O2.ClH/c1-11-3-5-14(6-4-11)15-8-16(22-19-15)17(21)20-10-13(9-18)7-12(20)2;/h3-6,8,12-13H,7,9-10,18H2,1-2H3;1H. The smallest absolute Gasteiger partial charge is 0.292 e. The molecule has 2 unspecified atom stereocenters. The third kappa shape index (κ3) is 3.57. The molecule has 23 heavy (non-hydrogen) atoms. The number of rotatable bonds is 3. The van der Waals surface area contributed by atoms with Crippen molar-refractivity contribution in [2.45, 2.75) is 26.3 Å². The van der Waals surface area contributed by atoms with E-state index >= 15 is 0 Å². The second-order valence-corrected chi connectivity index (χ2v) is 6.09. The number of aromatic nitrogens is 1. The van der Waals surface area contributed by atoms with Gasteiger partial charge in [-0.2, -0.15) is 0 Å². The lowest BCUT2D eigenvalue weighted by molar-refractivity contribution is 0.0701. The highest BCUT2D eigenvalue weighted by Gasteiger charge is 2.33. The molecule has 1 aromatic carbocycles. The molecule has 0 radical (unpaired) electrons. The van der Waals surface area contributed by atoms with Gasteiger partial charge in [0.2, 0.25) is 5.76 Å². The number of nitrogens with two attached hydrogens (primary N) is 1. The number of likely N-dealkylation sites (tertiary alicyclic amines) is 1. The minimum atomic E-state index is -0.102. The molecule has 0 bridgehead atoms. The molecule has 1 amide bonds. The number of amides is 1. The van der Waals surface area contributed by atoms with Gasteiger partial charge in [0, 0.05) is 24.2 Å². The molecule has 5 nitrogen and oxygen atoms in total. The Balaban J connectivity index is 0.00000192. The lowest BCUT2D eigenvalue weighted by atomic mass is 10.1. The highest BCUT2D eigenvalue weighted by molar-refractivity contribution is 5.92. The number of hydrogen-bond donors (Lipinski definition) is 1. The molecule has 1 aromatic heterocycles. The van der Waals surface area contributed by atoms with Crippen LogP contribution in [0.15, 0.2) is 34.9 Å². The van der Waals surface area contributed by atoms with Gasteiger partial charge in [-0.05, 0) is 32.7 Å². The Morgan fingerprint density at radius 1 is 1.39 bits per heavy atom. The van der Waals surface area contributed by atoms with Crippen LogP contribution in [0, 0.1) is 12.8 Å². The van der Waals surface area contributed by atoms with E-state index in [4.69, 9.17) is 10.3 Å². The molecule has 1 aliphatic heterocycles. The molecule has 0 saturated carbocycles. The molecule has 124 valence electrons. The molecular formula is C17H22ClN3O2. The van der Waals surface area contributed by atoms with Crippen LogP contribution in [0.2, 0.25) is 0 Å². The van der Waals surface area contributed by atoms with Gasteiger partial charge in [0.25, 0.3) is 5.91 Å². The molecule has 1 saturated heterocycles. The zero-order valence-electron chi connectivity index (χ0n) is 13.4. The molecule has 2 aromatic rings. The first-order valence-electron chi connectivity index (χ1n) is 7.63. The van der Waals surface area contributed by atoms with Crippen molar-refractivity contribution in [1.82, 2.24) is 10.1 Å². The van der Waals surface area contributed by atoms with Crippen molar-refractivity contribution in [3.8, 4) is 11.3 Å². The number of hydrogen-bond acceptors (Lipinski definition) is 4. The summed E-state index contributed by atoms with van der Waals surface area (Å²) in [6.07, 6.45) is 0.946.